The van der Waals surface area contributed by atoms with Gasteiger partial charge < -0.3 is 35.2 Å². The van der Waals surface area contributed by atoms with Gasteiger partial charge in [-0.15, -0.1) is 0 Å². The van der Waals surface area contributed by atoms with Crippen LogP contribution in [-0.2, 0) is 13.8 Å². The number of aliphatic hydroxyl groups is 5. The van der Waals surface area contributed by atoms with Crippen molar-refractivity contribution in [1.29, 1.82) is 0 Å². The van der Waals surface area contributed by atoms with Gasteiger partial charge in [-0.05, 0) is 0 Å². The van der Waals surface area contributed by atoms with Crippen LogP contribution in [-0.4, -0.2) is 73.8 Å². The van der Waals surface area contributed by atoms with E-state index in [0.29, 0.717) is 0 Å². The Morgan fingerprint density at radius 1 is 1.24 bits per heavy atom. The van der Waals surface area contributed by atoms with Crippen LogP contribution in [0.15, 0.2) is 0 Å². The van der Waals surface area contributed by atoms with Crippen molar-refractivity contribution in [2.45, 2.75) is 36.8 Å². The van der Waals surface area contributed by atoms with Crippen LogP contribution in [0.1, 0.15) is 0 Å². The average Bonchev–Trinajstić information content (AvgIpc) is 2.28. The molecular weight excluding hydrogens is 259 g/mol. The van der Waals surface area contributed by atoms with Crippen molar-refractivity contribution >= 4 is 8.25 Å². The Morgan fingerprint density at radius 3 is 2.29 bits per heavy atom. The Morgan fingerprint density at radius 2 is 1.82 bits per heavy atom. The fourth-order valence-electron chi connectivity index (χ4n) is 1.49. The van der Waals surface area contributed by atoms with Gasteiger partial charge in [0.25, 0.3) is 0 Å². The molecule has 10 heteroatoms. The molecule has 7 atom stereocenters. The van der Waals surface area contributed by atoms with Crippen molar-refractivity contribution in [3.63, 3.8) is 0 Å². The van der Waals surface area contributed by atoms with Gasteiger partial charge in [-0.3, -0.25) is 9.09 Å². The van der Waals surface area contributed by atoms with Gasteiger partial charge in [0.2, 0.25) is 0 Å². The maximum absolute atomic E-state index is 10.5. The standard InChI is InChI=1S/C7H15O9P/c8-1-2(9)6-4(11)3(10)5(12)7(15-6)16-17(13)14/h2-12,17H,1H2,(H,13,14)/t2-,3+,4+,5?,6?,7+/m1/s1. The summed E-state index contributed by atoms with van der Waals surface area (Å²) in [6, 6.07) is 0. The third-order valence-corrected chi connectivity index (χ3v) is 2.82. The van der Waals surface area contributed by atoms with Gasteiger partial charge in [0.1, 0.15) is 30.5 Å². The molecule has 0 amide bonds. The molecule has 0 bridgehead atoms. The maximum atomic E-state index is 10.5. The highest BCUT2D eigenvalue weighted by atomic mass is 31.1. The van der Waals surface area contributed by atoms with Crippen LogP contribution in [0.25, 0.3) is 0 Å². The average molecular weight is 274 g/mol. The minimum Gasteiger partial charge on any atom is -0.394 e. The zero-order valence-corrected chi connectivity index (χ0v) is 9.58. The highest BCUT2D eigenvalue weighted by Gasteiger charge is 2.47. The predicted molar refractivity (Wildman–Crippen MR) is 52.1 cm³/mol. The fourth-order valence-corrected chi connectivity index (χ4v) is 1.89. The molecule has 0 spiro atoms. The lowest BCUT2D eigenvalue weighted by molar-refractivity contribution is -0.290. The van der Waals surface area contributed by atoms with Crippen molar-refractivity contribution in [3.8, 4) is 0 Å². The van der Waals surface area contributed by atoms with Gasteiger partial charge in [-0.2, -0.15) is 0 Å². The van der Waals surface area contributed by atoms with E-state index in [1.165, 1.54) is 0 Å². The summed E-state index contributed by atoms with van der Waals surface area (Å²) < 4.78 is 19.6. The molecule has 0 aromatic rings. The number of aliphatic hydroxyl groups excluding tert-OH is 5. The van der Waals surface area contributed by atoms with E-state index < -0.39 is 51.7 Å². The Labute approximate surface area is 96.8 Å². The predicted octanol–water partition coefficient (Wildman–Crippen LogP) is -3.45. The van der Waals surface area contributed by atoms with E-state index in [1.807, 2.05) is 0 Å². The van der Waals surface area contributed by atoms with E-state index >= 15 is 0 Å². The van der Waals surface area contributed by atoms with Crippen molar-refractivity contribution in [2.75, 3.05) is 6.61 Å². The molecule has 102 valence electrons. The molecule has 0 aliphatic carbocycles. The molecule has 1 heterocycles. The first-order valence-electron chi connectivity index (χ1n) is 4.76. The lowest BCUT2D eigenvalue weighted by Crippen LogP contribution is -2.61. The molecule has 17 heavy (non-hydrogen) atoms. The van der Waals surface area contributed by atoms with E-state index in [2.05, 4.69) is 4.52 Å². The number of rotatable bonds is 4. The van der Waals surface area contributed by atoms with Crippen molar-refractivity contribution in [3.05, 3.63) is 0 Å². The molecule has 0 saturated carbocycles. The third-order valence-electron chi connectivity index (χ3n) is 2.39. The van der Waals surface area contributed by atoms with E-state index in [4.69, 9.17) is 14.7 Å². The van der Waals surface area contributed by atoms with Gasteiger partial charge in [0.05, 0.1) is 6.61 Å². The summed E-state index contributed by atoms with van der Waals surface area (Å²) in [5.41, 5.74) is 0. The Kier molecular flexibility index (Phi) is 5.45. The van der Waals surface area contributed by atoms with Crippen LogP contribution in [0.3, 0.4) is 0 Å². The van der Waals surface area contributed by atoms with Crippen LogP contribution in [0.4, 0.5) is 0 Å². The zero-order chi connectivity index (χ0) is 13.2. The first-order valence-corrected chi connectivity index (χ1v) is 6.03. The summed E-state index contributed by atoms with van der Waals surface area (Å²) in [6.07, 6.45) is -9.78. The Hall–Kier alpha value is -0.0900. The van der Waals surface area contributed by atoms with Crippen LogP contribution in [0, 0.1) is 0 Å². The Bertz CT molecular complexity index is 274. The van der Waals surface area contributed by atoms with E-state index in [1.54, 1.807) is 0 Å². The van der Waals surface area contributed by atoms with Gasteiger partial charge in [-0.25, -0.2) is 0 Å². The summed E-state index contributed by atoms with van der Waals surface area (Å²) >= 11 is 0. The van der Waals surface area contributed by atoms with Gasteiger partial charge >= 0.3 is 8.25 Å². The van der Waals surface area contributed by atoms with Gasteiger partial charge in [0, 0.05) is 0 Å². The molecule has 6 N–H and O–H groups in total. The van der Waals surface area contributed by atoms with Crippen molar-refractivity contribution < 1.29 is 44.3 Å². The summed E-state index contributed by atoms with van der Waals surface area (Å²) in [4.78, 5) is 8.53. The zero-order valence-electron chi connectivity index (χ0n) is 8.58. The normalized spacial score (nSPS) is 42.1. The lowest BCUT2D eigenvalue weighted by Gasteiger charge is -2.41. The van der Waals surface area contributed by atoms with Gasteiger partial charge in [-0.1, -0.05) is 0 Å². The van der Waals surface area contributed by atoms with Crippen LogP contribution in [0.5, 0.6) is 0 Å². The van der Waals surface area contributed by atoms with E-state index in [9.17, 15) is 25.0 Å². The first-order chi connectivity index (χ1) is 7.88. The third kappa shape index (κ3) is 3.44. The minimum atomic E-state index is -3.43. The highest BCUT2D eigenvalue weighted by molar-refractivity contribution is 7.32. The fraction of sp³-hybridized carbons (Fsp3) is 1.00. The molecule has 3 unspecified atom stereocenters. The van der Waals surface area contributed by atoms with Crippen LogP contribution < -0.4 is 0 Å². The molecule has 0 aromatic heterocycles. The minimum absolute atomic E-state index is 0.758. The largest absolute Gasteiger partial charge is 0.394 e. The second-order valence-electron chi connectivity index (χ2n) is 3.57. The summed E-state index contributed by atoms with van der Waals surface area (Å²) in [5, 5.41) is 46.3. The van der Waals surface area contributed by atoms with Crippen molar-refractivity contribution in [1.82, 2.24) is 0 Å². The van der Waals surface area contributed by atoms with Crippen LogP contribution >= 0.6 is 8.25 Å². The molecule has 1 rings (SSSR count). The summed E-state index contributed by atoms with van der Waals surface area (Å²) in [6.45, 7) is -0.758. The first kappa shape index (κ1) is 15.0. The molecule has 1 aliphatic rings. The lowest BCUT2D eigenvalue weighted by atomic mass is 9.96. The SMILES string of the molecule is O=[PH](O)O[C@@H]1OC([C@H](O)CO)[C@@H](O)[C@H](O)C1O. The topological polar surface area (TPSA) is 157 Å². The Balaban J connectivity index is 2.78. The second kappa shape index (κ2) is 6.19. The summed E-state index contributed by atoms with van der Waals surface area (Å²) in [5.74, 6) is 0. The van der Waals surface area contributed by atoms with E-state index in [0.717, 1.165) is 0 Å². The smallest absolute Gasteiger partial charge is 0.318 e. The molecule has 0 radical (unpaired) electrons. The van der Waals surface area contributed by atoms with Crippen molar-refractivity contribution in [2.24, 2.45) is 0 Å². The molecular formula is C7H15O9P. The van der Waals surface area contributed by atoms with Gasteiger partial charge in [0.15, 0.2) is 6.29 Å². The number of ether oxygens (including phenoxy) is 1. The second-order valence-corrected chi connectivity index (χ2v) is 4.34. The number of hydrogen-bond donors (Lipinski definition) is 6. The molecule has 1 aliphatic heterocycles. The quantitative estimate of drug-likeness (QED) is 0.287. The maximum Gasteiger partial charge on any atom is 0.318 e. The number of hydrogen-bond acceptors (Lipinski definition) is 8. The molecule has 0 aromatic carbocycles. The molecule has 1 saturated heterocycles. The summed E-state index contributed by atoms with van der Waals surface area (Å²) in [7, 11) is -3.43. The van der Waals surface area contributed by atoms with E-state index in [-0.39, 0.29) is 0 Å². The molecule has 9 nitrogen and oxygen atoms in total. The monoisotopic (exact) mass is 274 g/mol. The van der Waals surface area contributed by atoms with Crippen LogP contribution in [0.2, 0.25) is 0 Å². The highest BCUT2D eigenvalue weighted by Crippen LogP contribution is 2.29. The molecule has 1 fully saturated rings.